The maximum absolute atomic E-state index is 12.8. The zero-order valence-corrected chi connectivity index (χ0v) is 14.7. The van der Waals surface area contributed by atoms with E-state index in [2.05, 4.69) is 5.32 Å². The number of carbonyl (C=O) groups is 2. The summed E-state index contributed by atoms with van der Waals surface area (Å²) in [7, 11) is 0. The second kappa shape index (κ2) is 9.79. The van der Waals surface area contributed by atoms with Crippen molar-refractivity contribution in [1.82, 2.24) is 5.32 Å². The standard InChI is InChI=1S/C20H20FNO2S/c21-17-9-6-16(7-10-17)12-20(24)22-14-19(25)13-18(23)11-8-15-4-2-1-3-5-15/h1-7,9-10H,8,11-14H2,(H,22,24). The van der Waals surface area contributed by atoms with E-state index in [1.165, 1.54) is 12.1 Å². The van der Waals surface area contributed by atoms with Gasteiger partial charge in [-0.3, -0.25) is 9.59 Å². The van der Waals surface area contributed by atoms with Gasteiger partial charge in [-0.25, -0.2) is 4.39 Å². The Hall–Kier alpha value is -2.40. The Kier molecular flexibility index (Phi) is 7.41. The molecule has 0 radical (unpaired) electrons. The maximum Gasteiger partial charge on any atom is 0.224 e. The molecule has 5 heteroatoms. The minimum Gasteiger partial charge on any atom is -0.351 e. The molecule has 2 aromatic carbocycles. The second-order valence-corrected chi connectivity index (χ2v) is 6.40. The monoisotopic (exact) mass is 357 g/mol. The Morgan fingerprint density at radius 1 is 0.960 bits per heavy atom. The van der Waals surface area contributed by atoms with Crippen LogP contribution in [0.15, 0.2) is 54.6 Å². The van der Waals surface area contributed by atoms with Gasteiger partial charge in [0.1, 0.15) is 11.6 Å². The Bertz CT molecular complexity index is 729. The van der Waals surface area contributed by atoms with Gasteiger partial charge in [-0.2, -0.15) is 0 Å². The number of hydrogen-bond donors (Lipinski definition) is 1. The molecule has 0 aromatic heterocycles. The van der Waals surface area contributed by atoms with E-state index in [1.807, 2.05) is 30.3 Å². The Morgan fingerprint density at radius 3 is 2.32 bits per heavy atom. The maximum atomic E-state index is 12.8. The van der Waals surface area contributed by atoms with E-state index in [-0.39, 0.29) is 36.9 Å². The lowest BCUT2D eigenvalue weighted by Gasteiger charge is -2.07. The minimum absolute atomic E-state index is 0.0710. The van der Waals surface area contributed by atoms with Gasteiger partial charge < -0.3 is 5.32 Å². The van der Waals surface area contributed by atoms with Crippen LogP contribution in [0, 0.1) is 5.82 Å². The number of halogens is 1. The van der Waals surface area contributed by atoms with Crippen LogP contribution in [0.1, 0.15) is 24.0 Å². The van der Waals surface area contributed by atoms with Crippen molar-refractivity contribution in [3.8, 4) is 0 Å². The highest BCUT2D eigenvalue weighted by atomic mass is 32.1. The number of rotatable bonds is 9. The summed E-state index contributed by atoms with van der Waals surface area (Å²) in [5.74, 6) is -0.466. The third kappa shape index (κ3) is 7.35. The summed E-state index contributed by atoms with van der Waals surface area (Å²) in [6.45, 7) is 0.201. The summed E-state index contributed by atoms with van der Waals surface area (Å²) >= 11 is 5.18. The molecule has 1 N–H and O–H groups in total. The molecule has 2 aromatic rings. The highest BCUT2D eigenvalue weighted by molar-refractivity contribution is 7.80. The molecule has 0 saturated heterocycles. The van der Waals surface area contributed by atoms with Gasteiger partial charge in [0, 0.05) is 24.3 Å². The van der Waals surface area contributed by atoms with E-state index < -0.39 is 0 Å². The van der Waals surface area contributed by atoms with Crippen LogP contribution in [0.2, 0.25) is 0 Å². The first-order chi connectivity index (χ1) is 12.0. The van der Waals surface area contributed by atoms with E-state index in [0.717, 1.165) is 11.1 Å². The molecule has 1 amide bonds. The van der Waals surface area contributed by atoms with Gasteiger partial charge in [-0.05, 0) is 29.7 Å². The second-order valence-electron chi connectivity index (χ2n) is 5.82. The minimum atomic E-state index is -0.334. The fraction of sp³-hybridized carbons (Fsp3) is 0.250. The molecule has 0 bridgehead atoms. The van der Waals surface area contributed by atoms with Crippen molar-refractivity contribution in [1.29, 1.82) is 0 Å². The van der Waals surface area contributed by atoms with Crippen molar-refractivity contribution in [2.75, 3.05) is 6.54 Å². The Balaban J connectivity index is 1.66. The van der Waals surface area contributed by atoms with Crippen LogP contribution < -0.4 is 5.32 Å². The lowest BCUT2D eigenvalue weighted by Crippen LogP contribution is -2.30. The summed E-state index contributed by atoms with van der Waals surface area (Å²) in [6.07, 6.45) is 1.48. The van der Waals surface area contributed by atoms with Gasteiger partial charge in [0.15, 0.2) is 0 Å². The van der Waals surface area contributed by atoms with E-state index in [9.17, 15) is 14.0 Å². The van der Waals surface area contributed by atoms with Crippen LogP contribution in [0.5, 0.6) is 0 Å². The third-order valence-corrected chi connectivity index (χ3v) is 3.98. The van der Waals surface area contributed by atoms with Crippen molar-refractivity contribution >= 4 is 28.8 Å². The first-order valence-corrected chi connectivity index (χ1v) is 8.52. The molecular weight excluding hydrogens is 337 g/mol. The zero-order valence-electron chi connectivity index (χ0n) is 13.8. The molecule has 0 unspecified atom stereocenters. The lowest BCUT2D eigenvalue weighted by atomic mass is 10.1. The van der Waals surface area contributed by atoms with Gasteiger partial charge in [0.25, 0.3) is 0 Å². The number of nitrogens with one attached hydrogen (secondary N) is 1. The number of benzene rings is 2. The topological polar surface area (TPSA) is 46.2 Å². The molecule has 0 heterocycles. The number of Topliss-reactive ketones (excluding diaryl/α,β-unsaturated/α-hetero) is 1. The van der Waals surface area contributed by atoms with E-state index in [1.54, 1.807) is 12.1 Å². The van der Waals surface area contributed by atoms with E-state index in [0.29, 0.717) is 17.7 Å². The van der Waals surface area contributed by atoms with Crippen molar-refractivity contribution < 1.29 is 14.0 Å². The molecule has 130 valence electrons. The summed E-state index contributed by atoms with van der Waals surface area (Å²) in [6, 6.07) is 15.6. The van der Waals surface area contributed by atoms with E-state index in [4.69, 9.17) is 12.2 Å². The molecule has 0 saturated carbocycles. The molecule has 0 spiro atoms. The lowest BCUT2D eigenvalue weighted by molar-refractivity contribution is -0.120. The number of ketones is 1. The van der Waals surface area contributed by atoms with Gasteiger partial charge in [-0.15, -0.1) is 0 Å². The number of amides is 1. The van der Waals surface area contributed by atoms with Crippen molar-refractivity contribution in [2.45, 2.75) is 25.7 Å². The fourth-order valence-electron chi connectivity index (χ4n) is 2.35. The largest absolute Gasteiger partial charge is 0.351 e. The number of carbonyl (C=O) groups excluding carboxylic acids is 2. The smallest absolute Gasteiger partial charge is 0.224 e. The molecule has 25 heavy (non-hydrogen) atoms. The van der Waals surface area contributed by atoms with Crippen LogP contribution in [-0.4, -0.2) is 23.1 Å². The van der Waals surface area contributed by atoms with Crippen LogP contribution in [0.4, 0.5) is 4.39 Å². The first-order valence-electron chi connectivity index (χ1n) is 8.11. The normalized spacial score (nSPS) is 10.3. The molecule has 0 aliphatic carbocycles. The summed E-state index contributed by atoms with van der Waals surface area (Å²) in [5, 5.41) is 2.70. The molecule has 3 nitrogen and oxygen atoms in total. The third-order valence-electron chi connectivity index (χ3n) is 3.69. The van der Waals surface area contributed by atoms with Gasteiger partial charge in [0.05, 0.1) is 6.42 Å². The quantitative estimate of drug-likeness (QED) is 0.699. The molecule has 0 aliphatic heterocycles. The van der Waals surface area contributed by atoms with E-state index >= 15 is 0 Å². The average molecular weight is 357 g/mol. The van der Waals surface area contributed by atoms with Crippen LogP contribution in [0.25, 0.3) is 0 Å². The fourth-order valence-corrected chi connectivity index (χ4v) is 2.58. The molecule has 0 atom stereocenters. The van der Waals surface area contributed by atoms with Crippen molar-refractivity contribution in [2.24, 2.45) is 0 Å². The van der Waals surface area contributed by atoms with Crippen LogP contribution >= 0.6 is 12.2 Å². The summed E-state index contributed by atoms with van der Waals surface area (Å²) in [5.41, 5.74) is 1.85. The first kappa shape index (κ1) is 18.9. The van der Waals surface area contributed by atoms with Crippen molar-refractivity contribution in [3.63, 3.8) is 0 Å². The predicted molar refractivity (Wildman–Crippen MR) is 100 cm³/mol. The predicted octanol–water partition coefficient (Wildman–Crippen LogP) is 3.45. The molecular formula is C20H20FNO2S. The Labute approximate surface area is 152 Å². The summed E-state index contributed by atoms with van der Waals surface area (Å²) < 4.78 is 12.8. The summed E-state index contributed by atoms with van der Waals surface area (Å²) in [4.78, 5) is 24.3. The SMILES string of the molecule is O=C(CCc1ccccc1)CC(=S)CNC(=O)Cc1ccc(F)cc1. The van der Waals surface area contributed by atoms with Crippen LogP contribution in [0.3, 0.4) is 0 Å². The van der Waals surface area contributed by atoms with Crippen molar-refractivity contribution in [3.05, 3.63) is 71.5 Å². The zero-order chi connectivity index (χ0) is 18.1. The number of thiocarbonyl (C=S) groups is 1. The average Bonchev–Trinajstić information content (AvgIpc) is 2.61. The number of hydrogen-bond acceptors (Lipinski definition) is 3. The Morgan fingerprint density at radius 2 is 1.64 bits per heavy atom. The molecule has 2 rings (SSSR count). The molecule has 0 aliphatic rings. The number of aryl methyl sites for hydroxylation is 1. The highest BCUT2D eigenvalue weighted by Crippen LogP contribution is 2.05. The highest BCUT2D eigenvalue weighted by Gasteiger charge is 2.09. The van der Waals surface area contributed by atoms with Gasteiger partial charge in [-0.1, -0.05) is 54.7 Å². The molecule has 0 fully saturated rings. The van der Waals surface area contributed by atoms with Gasteiger partial charge in [0.2, 0.25) is 5.91 Å². The van der Waals surface area contributed by atoms with Crippen LogP contribution in [-0.2, 0) is 22.4 Å². The van der Waals surface area contributed by atoms with Gasteiger partial charge >= 0.3 is 0 Å².